The van der Waals surface area contributed by atoms with Crippen molar-refractivity contribution in [3.63, 3.8) is 0 Å². The van der Waals surface area contributed by atoms with Crippen LogP contribution < -0.4 is 0 Å². The number of nitrogens with zero attached hydrogens (tertiary/aromatic N) is 1. The number of rotatable bonds is 1. The van der Waals surface area contributed by atoms with Crippen LogP contribution in [0.1, 0.15) is 6.92 Å². The molecule has 1 atom stereocenters. The lowest BCUT2D eigenvalue weighted by Gasteiger charge is -2.36. The monoisotopic (exact) mass is 117 g/mol. The fraction of sp³-hybridized carbons (Fsp3) is 0.833. The minimum Gasteiger partial charge on any atom is -0.343 e. The molecule has 49 valence electrons. The second kappa shape index (κ2) is 1.71. The molecule has 2 heteroatoms. The Bertz CT molecular complexity index is 63.5. The zero-order valence-corrected chi connectivity index (χ0v) is 6.10. The quantitative estimate of drug-likeness (QED) is 0.385. The molecular weight excluding hydrogens is 102 g/mol. The summed E-state index contributed by atoms with van der Waals surface area (Å²) in [6.07, 6.45) is 0. The van der Waals surface area contributed by atoms with Gasteiger partial charge < -0.3 is 9.59 Å². The highest BCUT2D eigenvalue weighted by Gasteiger charge is 2.28. The molecule has 1 N–H and O–H groups in total. The van der Waals surface area contributed by atoms with Crippen LogP contribution >= 0.6 is 0 Å². The summed E-state index contributed by atoms with van der Waals surface area (Å²) in [6.45, 7) is 5.26. The van der Waals surface area contributed by atoms with Gasteiger partial charge in [-0.05, 0) is 0 Å². The molecule has 8 heavy (non-hydrogen) atoms. The SMILES string of the molecule is [CH2]C(C)(O)[N+](C)(C)C. The van der Waals surface area contributed by atoms with Crippen LogP contribution in [0.3, 0.4) is 0 Å². The van der Waals surface area contributed by atoms with Crippen molar-refractivity contribution in [3.8, 4) is 0 Å². The summed E-state index contributed by atoms with van der Waals surface area (Å²) in [5.74, 6) is 0. The summed E-state index contributed by atoms with van der Waals surface area (Å²) in [7, 11) is 5.69. The molecule has 0 fully saturated rings. The maximum atomic E-state index is 9.22. The van der Waals surface area contributed by atoms with Crippen LogP contribution in [-0.4, -0.2) is 36.5 Å². The minimum absolute atomic E-state index is 0.465. The Morgan fingerprint density at radius 3 is 1.50 bits per heavy atom. The number of hydrogen-bond donors (Lipinski definition) is 1. The van der Waals surface area contributed by atoms with Gasteiger partial charge in [0.15, 0.2) is 5.72 Å². The average Bonchev–Trinajstić information content (AvgIpc) is 1.25. The Morgan fingerprint density at radius 1 is 1.38 bits per heavy atom. The molecule has 0 aliphatic heterocycles. The maximum absolute atomic E-state index is 9.22. The van der Waals surface area contributed by atoms with E-state index in [1.165, 1.54) is 0 Å². The summed E-state index contributed by atoms with van der Waals surface area (Å²) in [4.78, 5) is 0. The van der Waals surface area contributed by atoms with Crippen molar-refractivity contribution in [2.24, 2.45) is 0 Å². The van der Waals surface area contributed by atoms with Gasteiger partial charge in [0.25, 0.3) is 0 Å². The van der Waals surface area contributed by atoms with Gasteiger partial charge in [-0.15, -0.1) is 0 Å². The molecule has 0 saturated carbocycles. The molecule has 0 amide bonds. The first-order chi connectivity index (χ1) is 3.25. The Morgan fingerprint density at radius 2 is 1.50 bits per heavy atom. The van der Waals surface area contributed by atoms with E-state index in [1.54, 1.807) is 6.92 Å². The molecule has 0 spiro atoms. The summed E-state index contributed by atoms with van der Waals surface area (Å²) in [5, 5.41) is 9.22. The van der Waals surface area contributed by atoms with Crippen LogP contribution in [0.15, 0.2) is 0 Å². The molecule has 1 unspecified atom stereocenters. The lowest BCUT2D eigenvalue weighted by Crippen LogP contribution is -2.53. The largest absolute Gasteiger partial charge is 0.343 e. The average molecular weight is 117 g/mol. The van der Waals surface area contributed by atoms with Crippen LogP contribution in [0.25, 0.3) is 0 Å². The zero-order valence-electron chi connectivity index (χ0n) is 6.10. The summed E-state index contributed by atoms with van der Waals surface area (Å²) in [5.41, 5.74) is -0.875. The van der Waals surface area contributed by atoms with E-state index in [2.05, 4.69) is 6.92 Å². The smallest absolute Gasteiger partial charge is 0.197 e. The Balaban J connectivity index is 4.02. The van der Waals surface area contributed by atoms with Crippen molar-refractivity contribution in [3.05, 3.63) is 6.92 Å². The Kier molecular flexibility index (Phi) is 1.69. The van der Waals surface area contributed by atoms with Gasteiger partial charge in [-0.3, -0.25) is 0 Å². The van der Waals surface area contributed by atoms with E-state index in [0.717, 1.165) is 0 Å². The van der Waals surface area contributed by atoms with Crippen LogP contribution in [0.5, 0.6) is 0 Å². The van der Waals surface area contributed by atoms with E-state index in [-0.39, 0.29) is 0 Å². The molecule has 0 aromatic heterocycles. The van der Waals surface area contributed by atoms with Crippen molar-refractivity contribution in [1.29, 1.82) is 0 Å². The molecule has 0 bridgehead atoms. The fourth-order valence-corrected chi connectivity index (χ4v) is 0. The Hall–Kier alpha value is -0.0800. The molecule has 0 aliphatic rings. The summed E-state index contributed by atoms with van der Waals surface area (Å²) in [6, 6.07) is 0. The number of aliphatic hydroxyl groups is 1. The topological polar surface area (TPSA) is 20.2 Å². The number of hydrogen-bond acceptors (Lipinski definition) is 1. The first-order valence-electron chi connectivity index (χ1n) is 2.64. The molecule has 1 radical (unpaired) electrons. The van der Waals surface area contributed by atoms with Gasteiger partial charge in [-0.1, -0.05) is 0 Å². The normalized spacial score (nSPS) is 14.2. The third kappa shape index (κ3) is 1.80. The molecule has 0 saturated heterocycles. The van der Waals surface area contributed by atoms with E-state index < -0.39 is 5.72 Å². The van der Waals surface area contributed by atoms with E-state index in [1.807, 2.05) is 21.1 Å². The highest BCUT2D eigenvalue weighted by atomic mass is 16.3. The molecule has 0 heterocycles. The third-order valence-corrected chi connectivity index (χ3v) is 1.45. The van der Waals surface area contributed by atoms with Crippen molar-refractivity contribution in [2.75, 3.05) is 21.1 Å². The van der Waals surface area contributed by atoms with Crippen LogP contribution in [-0.2, 0) is 0 Å². The Labute approximate surface area is 51.3 Å². The lowest BCUT2D eigenvalue weighted by molar-refractivity contribution is -0.939. The first-order valence-corrected chi connectivity index (χ1v) is 2.64. The van der Waals surface area contributed by atoms with Gasteiger partial charge >= 0.3 is 0 Å². The highest BCUT2D eigenvalue weighted by molar-refractivity contribution is 4.59. The van der Waals surface area contributed by atoms with Crippen LogP contribution in [0.4, 0.5) is 0 Å². The van der Waals surface area contributed by atoms with Crippen molar-refractivity contribution >= 4 is 0 Å². The van der Waals surface area contributed by atoms with E-state index >= 15 is 0 Å². The predicted molar refractivity (Wildman–Crippen MR) is 34.0 cm³/mol. The van der Waals surface area contributed by atoms with Gasteiger partial charge in [0.05, 0.1) is 21.1 Å². The predicted octanol–water partition coefficient (Wildman–Crippen LogP) is 0.235. The van der Waals surface area contributed by atoms with E-state index in [9.17, 15) is 5.11 Å². The second-order valence-corrected chi connectivity index (χ2v) is 3.23. The van der Waals surface area contributed by atoms with Crippen molar-refractivity contribution in [1.82, 2.24) is 0 Å². The lowest BCUT2D eigenvalue weighted by atomic mass is 10.2. The molecular formula is C6H15NO+. The van der Waals surface area contributed by atoms with E-state index in [4.69, 9.17) is 0 Å². The minimum atomic E-state index is -0.875. The van der Waals surface area contributed by atoms with Crippen molar-refractivity contribution < 1.29 is 9.59 Å². The van der Waals surface area contributed by atoms with Gasteiger partial charge in [0, 0.05) is 13.8 Å². The fourth-order valence-electron chi connectivity index (χ4n) is 0. The van der Waals surface area contributed by atoms with Crippen LogP contribution in [0.2, 0.25) is 0 Å². The molecule has 0 rings (SSSR count). The summed E-state index contributed by atoms with van der Waals surface area (Å²) < 4.78 is 0.465. The molecule has 0 aliphatic carbocycles. The molecule has 0 aromatic rings. The van der Waals surface area contributed by atoms with Gasteiger partial charge in [0.1, 0.15) is 0 Å². The molecule has 2 nitrogen and oxygen atoms in total. The van der Waals surface area contributed by atoms with Gasteiger partial charge in [-0.2, -0.15) is 0 Å². The molecule has 0 aromatic carbocycles. The first kappa shape index (κ1) is 7.92. The van der Waals surface area contributed by atoms with Gasteiger partial charge in [0.2, 0.25) is 0 Å². The zero-order chi connectivity index (χ0) is 7.00. The number of quaternary nitrogens is 1. The highest BCUT2D eigenvalue weighted by Crippen LogP contribution is 2.10. The van der Waals surface area contributed by atoms with E-state index in [0.29, 0.717) is 4.48 Å². The third-order valence-electron chi connectivity index (χ3n) is 1.45. The maximum Gasteiger partial charge on any atom is 0.197 e. The van der Waals surface area contributed by atoms with Gasteiger partial charge in [-0.25, -0.2) is 0 Å². The van der Waals surface area contributed by atoms with Crippen LogP contribution in [0, 0.1) is 6.92 Å². The second-order valence-electron chi connectivity index (χ2n) is 3.23. The van der Waals surface area contributed by atoms with Crippen molar-refractivity contribution in [2.45, 2.75) is 12.6 Å². The standard InChI is InChI=1S/C6H15NO/c1-6(2,8)7(3,4)5/h8H,1H2,2-5H3/q+1. The summed E-state index contributed by atoms with van der Waals surface area (Å²) >= 11 is 0.